The summed E-state index contributed by atoms with van der Waals surface area (Å²) < 4.78 is 27.1. The number of fused-ring (bicyclic) bond motifs is 3. The maximum absolute atomic E-state index is 12.7. The molecule has 0 radical (unpaired) electrons. The molecule has 1 fully saturated rings. The van der Waals surface area contributed by atoms with Gasteiger partial charge in [0.2, 0.25) is 5.91 Å². The summed E-state index contributed by atoms with van der Waals surface area (Å²) in [6.07, 6.45) is 0.829. The second-order valence-electron chi connectivity index (χ2n) is 5.78. The molecule has 0 unspecified atom stereocenters. The minimum Gasteiger partial charge on any atom is -0.333 e. The molecular weight excluding hydrogens is 332 g/mol. The van der Waals surface area contributed by atoms with E-state index in [0.29, 0.717) is 17.3 Å². The van der Waals surface area contributed by atoms with Crippen LogP contribution in [0, 0.1) is 0 Å². The van der Waals surface area contributed by atoms with Crippen LogP contribution in [0.3, 0.4) is 0 Å². The predicted molar refractivity (Wildman–Crippen MR) is 87.7 cm³/mol. The number of carbonyl (C=O) groups excluding carboxylic acids is 1. The van der Waals surface area contributed by atoms with Gasteiger partial charge in [0.15, 0.2) is 0 Å². The van der Waals surface area contributed by atoms with Crippen LogP contribution in [0.15, 0.2) is 46.0 Å². The molecule has 4 rings (SSSR count). The van der Waals surface area contributed by atoms with Crippen LogP contribution >= 0.6 is 11.3 Å². The standard InChI is InChI=1S/C16H16N2O3S2/c19-15-11-17(23(20,21)16-6-3-9-22-16)10-14-13-5-2-1-4-12(13)7-8-18(14)15/h1-6,9,14H,7-8,10-11H2/t14-/m1/s1. The third-order valence-corrected chi connectivity index (χ3v) is 7.69. The van der Waals surface area contributed by atoms with E-state index in [0.717, 1.165) is 12.0 Å². The summed E-state index contributed by atoms with van der Waals surface area (Å²) in [4.78, 5) is 14.3. The Morgan fingerprint density at radius 2 is 1.96 bits per heavy atom. The van der Waals surface area contributed by atoms with Crippen LogP contribution in [0.25, 0.3) is 0 Å². The zero-order chi connectivity index (χ0) is 16.0. The van der Waals surface area contributed by atoms with Crippen molar-refractivity contribution in [1.29, 1.82) is 0 Å². The highest BCUT2D eigenvalue weighted by molar-refractivity contribution is 7.91. The number of hydrogen-bond donors (Lipinski definition) is 0. The van der Waals surface area contributed by atoms with Crippen molar-refractivity contribution in [2.75, 3.05) is 19.6 Å². The molecule has 120 valence electrons. The first-order valence-corrected chi connectivity index (χ1v) is 9.80. The topological polar surface area (TPSA) is 57.7 Å². The summed E-state index contributed by atoms with van der Waals surface area (Å²) in [5, 5.41) is 1.74. The number of nitrogens with zero attached hydrogens (tertiary/aromatic N) is 2. The Labute approximate surface area is 139 Å². The number of sulfonamides is 1. The summed E-state index contributed by atoms with van der Waals surface area (Å²) in [5.74, 6) is -0.115. The maximum atomic E-state index is 12.7. The van der Waals surface area contributed by atoms with Gasteiger partial charge in [-0.15, -0.1) is 11.3 Å². The van der Waals surface area contributed by atoms with Gasteiger partial charge in [-0.3, -0.25) is 4.79 Å². The molecular formula is C16H16N2O3S2. The fraction of sp³-hybridized carbons (Fsp3) is 0.312. The fourth-order valence-corrected chi connectivity index (χ4v) is 5.91. The molecule has 5 nitrogen and oxygen atoms in total. The van der Waals surface area contributed by atoms with Gasteiger partial charge >= 0.3 is 0 Å². The Kier molecular flexibility index (Phi) is 3.51. The van der Waals surface area contributed by atoms with E-state index in [1.165, 1.54) is 21.2 Å². The lowest BCUT2D eigenvalue weighted by molar-refractivity contribution is -0.138. The van der Waals surface area contributed by atoms with Crippen LogP contribution in [0.4, 0.5) is 0 Å². The van der Waals surface area contributed by atoms with Crippen LogP contribution in [0.2, 0.25) is 0 Å². The van der Waals surface area contributed by atoms with Crippen LogP contribution in [0.1, 0.15) is 17.2 Å². The molecule has 1 atom stereocenters. The lowest BCUT2D eigenvalue weighted by Gasteiger charge is -2.43. The third kappa shape index (κ3) is 2.39. The smallest absolute Gasteiger partial charge is 0.253 e. The molecule has 0 bridgehead atoms. The quantitative estimate of drug-likeness (QED) is 0.833. The minimum atomic E-state index is -3.60. The molecule has 0 aliphatic carbocycles. The number of amides is 1. The van der Waals surface area contributed by atoms with E-state index in [1.807, 2.05) is 23.1 Å². The van der Waals surface area contributed by atoms with E-state index >= 15 is 0 Å². The molecule has 0 saturated carbocycles. The summed E-state index contributed by atoms with van der Waals surface area (Å²) in [5.41, 5.74) is 2.27. The first-order chi connectivity index (χ1) is 11.1. The SMILES string of the molecule is O=C1CN(S(=O)(=O)c2cccs2)C[C@@H]2c3ccccc3CCN12. The minimum absolute atomic E-state index is 0.0705. The Hall–Kier alpha value is -1.70. The van der Waals surface area contributed by atoms with Gasteiger partial charge in [-0.1, -0.05) is 30.3 Å². The fourth-order valence-electron chi connectivity index (χ4n) is 3.37. The van der Waals surface area contributed by atoms with Crippen molar-refractivity contribution in [3.05, 3.63) is 52.9 Å². The molecule has 3 heterocycles. The van der Waals surface area contributed by atoms with E-state index in [4.69, 9.17) is 0 Å². The molecule has 7 heteroatoms. The Balaban J connectivity index is 1.72. The van der Waals surface area contributed by atoms with Gasteiger partial charge in [0, 0.05) is 13.1 Å². The highest BCUT2D eigenvalue weighted by Gasteiger charge is 2.41. The largest absolute Gasteiger partial charge is 0.333 e. The van der Waals surface area contributed by atoms with E-state index in [9.17, 15) is 13.2 Å². The Bertz CT molecular complexity index is 846. The third-order valence-electron chi connectivity index (χ3n) is 4.51. The maximum Gasteiger partial charge on any atom is 0.253 e. The monoisotopic (exact) mass is 348 g/mol. The molecule has 1 aromatic carbocycles. The second-order valence-corrected chi connectivity index (χ2v) is 8.89. The second kappa shape index (κ2) is 5.43. The average molecular weight is 348 g/mol. The van der Waals surface area contributed by atoms with Crippen molar-refractivity contribution < 1.29 is 13.2 Å². The van der Waals surface area contributed by atoms with Gasteiger partial charge in [-0.2, -0.15) is 4.31 Å². The van der Waals surface area contributed by atoms with Crippen molar-refractivity contribution >= 4 is 27.3 Å². The van der Waals surface area contributed by atoms with Gasteiger partial charge in [0.05, 0.1) is 12.6 Å². The molecule has 2 aromatic rings. The summed E-state index contributed by atoms with van der Waals surface area (Å²) >= 11 is 1.19. The summed E-state index contributed by atoms with van der Waals surface area (Å²) in [7, 11) is -3.60. The molecule has 0 spiro atoms. The van der Waals surface area contributed by atoms with Gasteiger partial charge < -0.3 is 4.90 Å². The van der Waals surface area contributed by atoms with E-state index < -0.39 is 10.0 Å². The zero-order valence-corrected chi connectivity index (χ0v) is 14.0. The Morgan fingerprint density at radius 1 is 1.13 bits per heavy atom. The van der Waals surface area contributed by atoms with E-state index in [2.05, 4.69) is 6.07 Å². The lowest BCUT2D eigenvalue weighted by Crippen LogP contribution is -2.55. The Morgan fingerprint density at radius 3 is 2.74 bits per heavy atom. The number of thiophene rings is 1. The zero-order valence-electron chi connectivity index (χ0n) is 12.4. The first kappa shape index (κ1) is 14.9. The van der Waals surface area contributed by atoms with E-state index in [1.54, 1.807) is 17.5 Å². The summed E-state index contributed by atoms with van der Waals surface area (Å²) in [6, 6.07) is 11.1. The van der Waals surface area contributed by atoms with Crippen molar-refractivity contribution in [3.63, 3.8) is 0 Å². The number of piperazine rings is 1. The molecule has 1 amide bonds. The van der Waals surface area contributed by atoms with Crippen molar-refractivity contribution in [2.45, 2.75) is 16.7 Å². The van der Waals surface area contributed by atoms with Gasteiger partial charge in [0.25, 0.3) is 10.0 Å². The van der Waals surface area contributed by atoms with Gasteiger partial charge in [-0.25, -0.2) is 8.42 Å². The van der Waals surface area contributed by atoms with Crippen LogP contribution in [-0.4, -0.2) is 43.2 Å². The number of benzene rings is 1. The normalized spacial score (nSPS) is 21.8. The number of rotatable bonds is 2. The molecule has 1 aromatic heterocycles. The van der Waals surface area contributed by atoms with Crippen LogP contribution in [-0.2, 0) is 21.2 Å². The molecule has 2 aliphatic rings. The highest BCUT2D eigenvalue weighted by atomic mass is 32.2. The van der Waals surface area contributed by atoms with E-state index in [-0.39, 0.29) is 18.5 Å². The molecule has 0 N–H and O–H groups in total. The number of carbonyl (C=O) groups is 1. The first-order valence-electron chi connectivity index (χ1n) is 7.48. The average Bonchev–Trinajstić information content (AvgIpc) is 3.10. The van der Waals surface area contributed by atoms with Gasteiger partial charge in [-0.05, 0) is 29.0 Å². The van der Waals surface area contributed by atoms with Crippen LogP contribution in [0.5, 0.6) is 0 Å². The van der Waals surface area contributed by atoms with Crippen LogP contribution < -0.4 is 0 Å². The van der Waals surface area contributed by atoms with Crippen molar-refractivity contribution in [1.82, 2.24) is 9.21 Å². The molecule has 1 saturated heterocycles. The van der Waals surface area contributed by atoms with Crippen molar-refractivity contribution in [2.24, 2.45) is 0 Å². The van der Waals surface area contributed by atoms with Gasteiger partial charge in [0.1, 0.15) is 4.21 Å². The van der Waals surface area contributed by atoms with Crippen molar-refractivity contribution in [3.8, 4) is 0 Å². The number of hydrogen-bond acceptors (Lipinski definition) is 4. The highest BCUT2D eigenvalue weighted by Crippen LogP contribution is 2.35. The molecule has 2 aliphatic heterocycles. The molecule has 23 heavy (non-hydrogen) atoms. The predicted octanol–water partition coefficient (Wildman–Crippen LogP) is 1.88. The summed E-state index contributed by atoms with van der Waals surface area (Å²) in [6.45, 7) is 0.912. The lowest BCUT2D eigenvalue weighted by atomic mass is 9.91.